The van der Waals surface area contributed by atoms with Crippen molar-refractivity contribution < 1.29 is 0 Å². The molecule has 0 amide bonds. The van der Waals surface area contributed by atoms with Crippen LogP contribution in [0.2, 0.25) is 0 Å². The maximum Gasteiger partial charge on any atom is 0.140 e. The molecule has 5 heavy (non-hydrogen) atoms. The van der Waals surface area contributed by atoms with E-state index in [9.17, 15) is 0 Å². The van der Waals surface area contributed by atoms with Gasteiger partial charge >= 0.3 is 0 Å². The standard InChI is InChI=1S/C3H5N2/c1-4-3-5-2/h3H2,1H3/q-1. The van der Waals surface area contributed by atoms with Gasteiger partial charge in [0.05, 0.1) is 0 Å². The van der Waals surface area contributed by atoms with E-state index in [-0.39, 0.29) is 0 Å². The molecule has 0 aliphatic heterocycles. The zero-order chi connectivity index (χ0) is 4.12. The summed E-state index contributed by atoms with van der Waals surface area (Å²) >= 11 is 0. The van der Waals surface area contributed by atoms with Gasteiger partial charge in [-0.3, -0.25) is 0 Å². The molecule has 0 spiro atoms. The largest absolute Gasteiger partial charge is 0.593 e. The lowest BCUT2D eigenvalue weighted by Gasteiger charge is -1.91. The quantitative estimate of drug-likeness (QED) is 0.407. The molecule has 0 radical (unpaired) electrons. The Kier molecular flexibility index (Phi) is 3.07. The molecule has 0 heterocycles. The van der Waals surface area contributed by atoms with Crippen LogP contribution in [0.3, 0.4) is 0 Å². The predicted molar refractivity (Wildman–Crippen MR) is 20.8 cm³/mol. The van der Waals surface area contributed by atoms with Gasteiger partial charge in [-0.05, 0) is 0 Å². The SMILES string of the molecule is [C-]#[N+]C[N-]C. The Morgan fingerprint density at radius 3 is 2.60 bits per heavy atom. The first-order valence-corrected chi connectivity index (χ1v) is 1.30. The van der Waals surface area contributed by atoms with Crippen molar-refractivity contribution in [1.29, 1.82) is 0 Å². The first-order valence-electron chi connectivity index (χ1n) is 1.30. The highest BCUT2D eigenvalue weighted by Crippen LogP contribution is 1.72. The molecule has 2 nitrogen and oxygen atoms in total. The van der Waals surface area contributed by atoms with Gasteiger partial charge in [-0.15, -0.1) is 0 Å². The molecule has 0 saturated heterocycles. The maximum absolute atomic E-state index is 6.13. The summed E-state index contributed by atoms with van der Waals surface area (Å²) < 4.78 is 0. The summed E-state index contributed by atoms with van der Waals surface area (Å²) in [5.41, 5.74) is 0. The van der Waals surface area contributed by atoms with Gasteiger partial charge in [0.1, 0.15) is 6.67 Å². The summed E-state index contributed by atoms with van der Waals surface area (Å²) in [5, 5.41) is 3.50. The van der Waals surface area contributed by atoms with Gasteiger partial charge in [0.15, 0.2) is 0 Å². The fourth-order valence-corrected chi connectivity index (χ4v) is 0.0707. The van der Waals surface area contributed by atoms with E-state index in [1.807, 2.05) is 0 Å². The average Bonchev–Trinajstić information content (AvgIpc) is 1.41. The van der Waals surface area contributed by atoms with Crippen LogP contribution in [-0.4, -0.2) is 13.7 Å². The van der Waals surface area contributed by atoms with Crippen LogP contribution in [0, 0.1) is 6.57 Å². The molecule has 0 rings (SSSR count). The molecule has 28 valence electrons. The van der Waals surface area contributed by atoms with Gasteiger partial charge < -0.3 is 10.2 Å². The Balaban J connectivity index is 2.48. The van der Waals surface area contributed by atoms with Crippen molar-refractivity contribution in [3.05, 3.63) is 16.7 Å². The normalized spacial score (nSPS) is 6.40. The van der Waals surface area contributed by atoms with Gasteiger partial charge in [-0.1, -0.05) is 0 Å². The van der Waals surface area contributed by atoms with Gasteiger partial charge in [-0.2, -0.15) is 7.05 Å². The van der Waals surface area contributed by atoms with Crippen LogP contribution in [0.5, 0.6) is 0 Å². The van der Waals surface area contributed by atoms with Crippen molar-refractivity contribution in [3.63, 3.8) is 0 Å². The van der Waals surface area contributed by atoms with Crippen LogP contribution in [-0.2, 0) is 0 Å². The highest BCUT2D eigenvalue weighted by molar-refractivity contribution is 4.75. The Morgan fingerprint density at radius 1 is 2.00 bits per heavy atom. The molecule has 0 bridgehead atoms. The van der Waals surface area contributed by atoms with Crippen molar-refractivity contribution in [2.75, 3.05) is 13.7 Å². The van der Waals surface area contributed by atoms with E-state index in [0.29, 0.717) is 6.67 Å². The lowest BCUT2D eigenvalue weighted by molar-refractivity contribution is 1.39. The van der Waals surface area contributed by atoms with E-state index < -0.39 is 0 Å². The fourth-order valence-electron chi connectivity index (χ4n) is 0.0707. The summed E-state index contributed by atoms with van der Waals surface area (Å²) in [5.74, 6) is 0. The molecule has 0 aromatic heterocycles. The van der Waals surface area contributed by atoms with Crippen molar-refractivity contribution >= 4 is 0 Å². The molecule has 0 N–H and O–H groups in total. The zero-order valence-corrected chi connectivity index (χ0v) is 3.10. The van der Waals surface area contributed by atoms with E-state index in [2.05, 4.69) is 10.2 Å². The van der Waals surface area contributed by atoms with Gasteiger partial charge in [-0.25, -0.2) is 6.57 Å². The summed E-state index contributed by atoms with van der Waals surface area (Å²) in [7, 11) is 1.62. The van der Waals surface area contributed by atoms with E-state index in [0.717, 1.165) is 0 Å². The fraction of sp³-hybridized carbons (Fsp3) is 0.667. The Hall–Kier alpha value is -0.550. The first-order chi connectivity index (χ1) is 2.41. The Labute approximate surface area is 31.6 Å². The lowest BCUT2D eigenvalue weighted by Crippen LogP contribution is -1.62. The van der Waals surface area contributed by atoms with Gasteiger partial charge in [0.25, 0.3) is 0 Å². The smallest absolute Gasteiger partial charge is 0.140 e. The molecular weight excluding hydrogens is 64.0 g/mol. The van der Waals surface area contributed by atoms with E-state index in [1.54, 1.807) is 7.05 Å². The summed E-state index contributed by atoms with van der Waals surface area (Å²) in [6.45, 7) is 6.44. The van der Waals surface area contributed by atoms with Gasteiger partial charge in [0, 0.05) is 0 Å². The molecule has 2 heteroatoms. The number of nitrogens with zero attached hydrogens (tertiary/aromatic N) is 2. The molecule has 0 unspecified atom stereocenters. The number of rotatable bonds is 1. The summed E-state index contributed by atoms with van der Waals surface area (Å²) in [4.78, 5) is 2.94. The second-order valence-corrected chi connectivity index (χ2v) is 0.616. The Morgan fingerprint density at radius 2 is 2.60 bits per heavy atom. The predicted octanol–water partition coefficient (Wildman–Crippen LogP) is 0.867. The molecule has 0 saturated carbocycles. The van der Waals surface area contributed by atoms with E-state index in [1.165, 1.54) is 0 Å². The van der Waals surface area contributed by atoms with Crippen LogP contribution in [0.4, 0.5) is 0 Å². The van der Waals surface area contributed by atoms with Crippen molar-refractivity contribution in [3.8, 4) is 0 Å². The van der Waals surface area contributed by atoms with Crippen molar-refractivity contribution in [2.45, 2.75) is 0 Å². The van der Waals surface area contributed by atoms with Crippen LogP contribution in [0.25, 0.3) is 10.2 Å². The molecule has 0 fully saturated rings. The van der Waals surface area contributed by atoms with Crippen molar-refractivity contribution in [2.24, 2.45) is 0 Å². The number of hydrogen-bond donors (Lipinski definition) is 0. The third kappa shape index (κ3) is 3.45. The highest BCUT2D eigenvalue weighted by atomic mass is 14.9. The van der Waals surface area contributed by atoms with Crippen molar-refractivity contribution in [1.82, 2.24) is 0 Å². The molecule has 0 aromatic carbocycles. The minimum atomic E-state index is 0.306. The molecule has 0 atom stereocenters. The minimum Gasteiger partial charge on any atom is -0.593 e. The lowest BCUT2D eigenvalue weighted by atomic mass is 11.1. The molecule has 0 aliphatic rings. The first kappa shape index (κ1) is 4.45. The molecule has 0 aromatic rings. The minimum absolute atomic E-state index is 0.306. The highest BCUT2D eigenvalue weighted by Gasteiger charge is 1.46. The molecular formula is C3H5N2-. The molecule has 0 aliphatic carbocycles. The Bertz CT molecular complexity index is 43.3. The topological polar surface area (TPSA) is 18.5 Å². The van der Waals surface area contributed by atoms with Crippen LogP contribution in [0.1, 0.15) is 0 Å². The zero-order valence-electron chi connectivity index (χ0n) is 3.10. The third-order valence-electron chi connectivity index (χ3n) is 0.212. The average molecular weight is 69.1 g/mol. The van der Waals surface area contributed by atoms with Crippen LogP contribution < -0.4 is 0 Å². The number of hydrogen-bond acceptors (Lipinski definition) is 0. The monoisotopic (exact) mass is 69.0 g/mol. The third-order valence-corrected chi connectivity index (χ3v) is 0.212. The summed E-state index contributed by atoms with van der Waals surface area (Å²) in [6, 6.07) is 0. The second kappa shape index (κ2) is 3.45. The second-order valence-electron chi connectivity index (χ2n) is 0.616. The van der Waals surface area contributed by atoms with Crippen LogP contribution >= 0.6 is 0 Å². The summed E-state index contributed by atoms with van der Waals surface area (Å²) in [6.07, 6.45) is 0. The van der Waals surface area contributed by atoms with Gasteiger partial charge in [0.2, 0.25) is 0 Å². The van der Waals surface area contributed by atoms with E-state index in [4.69, 9.17) is 6.57 Å². The maximum atomic E-state index is 6.13. The van der Waals surface area contributed by atoms with Crippen LogP contribution in [0.15, 0.2) is 0 Å². The van der Waals surface area contributed by atoms with E-state index >= 15 is 0 Å².